The first kappa shape index (κ1) is 24.7. The Morgan fingerprint density at radius 1 is 1.00 bits per heavy atom. The second-order valence-corrected chi connectivity index (χ2v) is 9.84. The smallest absolute Gasteiger partial charge is 0.116 e. The summed E-state index contributed by atoms with van der Waals surface area (Å²) in [6.07, 6.45) is 14.0. The van der Waals surface area contributed by atoms with Gasteiger partial charge in [0.2, 0.25) is 0 Å². The molecule has 0 bridgehead atoms. The van der Waals surface area contributed by atoms with E-state index in [4.69, 9.17) is 5.10 Å². The number of aromatic nitrogens is 3. The van der Waals surface area contributed by atoms with Crippen LogP contribution in [0, 0.1) is 0 Å². The largest absolute Gasteiger partial charge is 0.353 e. The third-order valence-corrected chi connectivity index (χ3v) is 7.31. The molecule has 192 valence electrons. The van der Waals surface area contributed by atoms with Crippen LogP contribution in [0.3, 0.4) is 0 Å². The summed E-state index contributed by atoms with van der Waals surface area (Å²) >= 11 is 0. The maximum atomic E-state index is 4.71. The summed E-state index contributed by atoms with van der Waals surface area (Å²) in [6.45, 7) is 7.70. The maximum absolute atomic E-state index is 4.71. The second kappa shape index (κ2) is 11.0. The van der Waals surface area contributed by atoms with Gasteiger partial charge in [0.25, 0.3) is 0 Å². The number of nitrogens with zero attached hydrogens (tertiary/aromatic N) is 1. The Labute approximate surface area is 229 Å². The van der Waals surface area contributed by atoms with Crippen LogP contribution in [0.25, 0.3) is 44.3 Å². The molecule has 0 saturated heterocycles. The molecule has 0 fully saturated rings. The number of hydrogen-bond donors (Lipinski definition) is 3. The third-order valence-electron chi connectivity index (χ3n) is 7.31. The lowest BCUT2D eigenvalue weighted by Crippen LogP contribution is -2.15. The fourth-order valence-corrected chi connectivity index (χ4v) is 5.25. The van der Waals surface area contributed by atoms with E-state index >= 15 is 0 Å². The molecular formula is C35H32N4. The van der Waals surface area contributed by atoms with E-state index in [1.54, 1.807) is 0 Å². The average molecular weight is 509 g/mol. The Morgan fingerprint density at radius 3 is 2.69 bits per heavy atom. The van der Waals surface area contributed by atoms with Crippen molar-refractivity contribution in [2.75, 3.05) is 6.54 Å². The number of nitrogens with one attached hydrogen (secondary N) is 3. The van der Waals surface area contributed by atoms with E-state index in [1.807, 2.05) is 12.1 Å². The molecule has 0 aliphatic heterocycles. The normalized spacial score (nSPS) is 13.9. The number of benzene rings is 3. The van der Waals surface area contributed by atoms with Crippen LogP contribution in [0.1, 0.15) is 30.0 Å². The molecule has 39 heavy (non-hydrogen) atoms. The standard InChI is InChI=1S/C35H32N4/c1-3-24(22-36-23-25-11-6-5-7-12-25)19-26(4-2)28-17-18-33-31(20-28)35(39-38-33)34-21-30-29(27-13-8-9-14-27)15-10-16-32(30)37-34/h3-8,10-21,36-37H,1,9,22-23H2,2H3,(H,38,39)/b24-19+,26-4+. The molecule has 5 aromatic rings. The molecule has 3 N–H and O–H groups in total. The molecule has 3 aromatic carbocycles. The second-order valence-electron chi connectivity index (χ2n) is 9.84. The lowest BCUT2D eigenvalue weighted by atomic mass is 9.99. The van der Waals surface area contributed by atoms with E-state index < -0.39 is 0 Å². The predicted octanol–water partition coefficient (Wildman–Crippen LogP) is 8.36. The van der Waals surface area contributed by atoms with Gasteiger partial charge >= 0.3 is 0 Å². The fourth-order valence-electron chi connectivity index (χ4n) is 5.25. The van der Waals surface area contributed by atoms with Crippen LogP contribution >= 0.6 is 0 Å². The summed E-state index contributed by atoms with van der Waals surface area (Å²) in [5, 5.41) is 13.8. The SMILES string of the molecule is C=C/C(=C\C(=C/C)c1ccc2[nH]nc(-c3cc4c(C5=CCC=C5)cccc4[nH]3)c2c1)CNCc1ccccc1. The predicted molar refractivity (Wildman–Crippen MR) is 165 cm³/mol. The van der Waals surface area contributed by atoms with Crippen molar-refractivity contribution in [2.24, 2.45) is 0 Å². The Balaban J connectivity index is 1.30. The Hall–Kier alpha value is -4.67. The highest BCUT2D eigenvalue weighted by molar-refractivity contribution is 6.01. The zero-order valence-electron chi connectivity index (χ0n) is 22.2. The van der Waals surface area contributed by atoms with Crippen LogP contribution in [-0.2, 0) is 6.54 Å². The summed E-state index contributed by atoms with van der Waals surface area (Å²) in [5.41, 5.74) is 11.3. The molecule has 0 amide bonds. The molecule has 4 heteroatoms. The Morgan fingerprint density at radius 2 is 1.90 bits per heavy atom. The molecule has 0 unspecified atom stereocenters. The fraction of sp³-hybridized carbons (Fsp3) is 0.114. The number of rotatable bonds is 9. The molecular weight excluding hydrogens is 476 g/mol. The van der Waals surface area contributed by atoms with Crippen molar-refractivity contribution in [3.05, 3.63) is 138 Å². The Kier molecular flexibility index (Phi) is 6.94. The number of hydrogen-bond acceptors (Lipinski definition) is 2. The van der Waals surface area contributed by atoms with Gasteiger partial charge in [-0.25, -0.2) is 0 Å². The van der Waals surface area contributed by atoms with Gasteiger partial charge in [-0.05, 0) is 71.0 Å². The van der Waals surface area contributed by atoms with Gasteiger partial charge in [0.15, 0.2) is 0 Å². The van der Waals surface area contributed by atoms with E-state index in [1.165, 1.54) is 22.1 Å². The van der Waals surface area contributed by atoms with Gasteiger partial charge in [0.05, 0.1) is 11.2 Å². The van der Waals surface area contributed by atoms with E-state index in [2.05, 4.69) is 126 Å². The van der Waals surface area contributed by atoms with Crippen LogP contribution < -0.4 is 5.32 Å². The van der Waals surface area contributed by atoms with Crippen molar-refractivity contribution < 1.29 is 0 Å². The zero-order chi connectivity index (χ0) is 26.6. The van der Waals surface area contributed by atoms with E-state index in [0.717, 1.165) is 64.0 Å². The Bertz CT molecular complexity index is 1770. The van der Waals surface area contributed by atoms with Gasteiger partial charge in [-0.2, -0.15) is 5.10 Å². The molecule has 0 atom stereocenters. The van der Waals surface area contributed by atoms with Gasteiger partial charge in [-0.15, -0.1) is 0 Å². The molecule has 0 spiro atoms. The molecule has 1 aliphatic rings. The number of allylic oxidation sites excluding steroid dienone is 7. The molecule has 2 aromatic heterocycles. The van der Waals surface area contributed by atoms with Crippen molar-refractivity contribution in [1.29, 1.82) is 0 Å². The first-order chi connectivity index (χ1) is 19.2. The minimum atomic E-state index is 0.748. The monoisotopic (exact) mass is 508 g/mol. The van der Waals surface area contributed by atoms with Crippen LogP contribution in [0.2, 0.25) is 0 Å². The number of aromatic amines is 2. The summed E-state index contributed by atoms with van der Waals surface area (Å²) < 4.78 is 0. The van der Waals surface area contributed by atoms with Crippen molar-refractivity contribution in [1.82, 2.24) is 20.5 Å². The van der Waals surface area contributed by atoms with Gasteiger partial charge in [-0.1, -0.05) is 91.6 Å². The van der Waals surface area contributed by atoms with Crippen LogP contribution in [0.15, 0.2) is 121 Å². The summed E-state index contributed by atoms with van der Waals surface area (Å²) in [5.74, 6) is 0. The van der Waals surface area contributed by atoms with Gasteiger partial charge in [0, 0.05) is 29.4 Å². The van der Waals surface area contributed by atoms with E-state index in [0.29, 0.717) is 0 Å². The quantitative estimate of drug-likeness (QED) is 0.175. The minimum absolute atomic E-state index is 0.748. The highest BCUT2D eigenvalue weighted by atomic mass is 15.1. The first-order valence-electron chi connectivity index (χ1n) is 13.4. The lowest BCUT2D eigenvalue weighted by Gasteiger charge is -2.09. The lowest BCUT2D eigenvalue weighted by molar-refractivity contribution is 0.747. The van der Waals surface area contributed by atoms with Crippen LogP contribution in [0.4, 0.5) is 0 Å². The van der Waals surface area contributed by atoms with E-state index in [-0.39, 0.29) is 0 Å². The number of H-pyrrole nitrogens is 2. The first-order valence-corrected chi connectivity index (χ1v) is 13.4. The minimum Gasteiger partial charge on any atom is -0.353 e. The highest BCUT2D eigenvalue weighted by Gasteiger charge is 2.15. The molecule has 4 nitrogen and oxygen atoms in total. The van der Waals surface area contributed by atoms with E-state index in [9.17, 15) is 0 Å². The summed E-state index contributed by atoms with van der Waals surface area (Å²) in [6, 6.07) is 25.6. The topological polar surface area (TPSA) is 56.5 Å². The molecule has 2 heterocycles. The summed E-state index contributed by atoms with van der Waals surface area (Å²) in [4.78, 5) is 3.61. The van der Waals surface area contributed by atoms with Crippen molar-refractivity contribution in [3.8, 4) is 11.4 Å². The van der Waals surface area contributed by atoms with Gasteiger partial charge in [0.1, 0.15) is 5.69 Å². The van der Waals surface area contributed by atoms with Crippen molar-refractivity contribution >= 4 is 33.0 Å². The molecule has 6 rings (SSSR count). The molecule has 0 radical (unpaired) electrons. The van der Waals surface area contributed by atoms with Gasteiger partial charge < -0.3 is 10.3 Å². The van der Waals surface area contributed by atoms with Crippen LogP contribution in [0.5, 0.6) is 0 Å². The summed E-state index contributed by atoms with van der Waals surface area (Å²) in [7, 11) is 0. The highest BCUT2D eigenvalue weighted by Crippen LogP contribution is 2.34. The van der Waals surface area contributed by atoms with Gasteiger partial charge in [-0.3, -0.25) is 5.10 Å². The van der Waals surface area contributed by atoms with Crippen molar-refractivity contribution in [3.63, 3.8) is 0 Å². The molecule has 1 aliphatic carbocycles. The maximum Gasteiger partial charge on any atom is 0.116 e. The third kappa shape index (κ3) is 5.07. The zero-order valence-corrected chi connectivity index (χ0v) is 22.2. The van der Waals surface area contributed by atoms with Crippen molar-refractivity contribution in [2.45, 2.75) is 19.9 Å². The molecule has 0 saturated carbocycles. The average Bonchev–Trinajstić information content (AvgIpc) is 3.74. The van der Waals surface area contributed by atoms with Crippen LogP contribution in [-0.4, -0.2) is 21.7 Å². The number of fused-ring (bicyclic) bond motifs is 2.